The summed E-state index contributed by atoms with van der Waals surface area (Å²) in [5.74, 6) is 2.52. The summed E-state index contributed by atoms with van der Waals surface area (Å²) < 4.78 is 17.1. The van der Waals surface area contributed by atoms with Crippen molar-refractivity contribution in [3.05, 3.63) is 27.8 Å². The zero-order chi connectivity index (χ0) is 19.5. The van der Waals surface area contributed by atoms with E-state index in [4.69, 9.17) is 6.42 Å². The summed E-state index contributed by atoms with van der Waals surface area (Å²) in [6, 6.07) is 2.73. The minimum atomic E-state index is -2.86. The first-order chi connectivity index (χ1) is 12.3. The minimum Gasteiger partial charge on any atom is -0.333 e. The molecule has 2 rings (SSSR count). The number of nitrogens with one attached hydrogen (secondary N) is 1. The van der Waals surface area contributed by atoms with Gasteiger partial charge in [-0.2, -0.15) is 0 Å². The summed E-state index contributed by atoms with van der Waals surface area (Å²) in [5, 5.41) is 12.3. The molecule has 1 N–H and O–H groups in total. The molecule has 1 aromatic carbocycles. The van der Waals surface area contributed by atoms with Gasteiger partial charge < -0.3 is 9.80 Å². The average Bonchev–Trinajstić information content (AvgIpc) is 2.82. The van der Waals surface area contributed by atoms with Crippen molar-refractivity contribution in [3.8, 4) is 12.3 Å². The highest BCUT2D eigenvalue weighted by Crippen LogP contribution is 2.39. The number of likely N-dealkylation sites (N-methyl/N-ethyl adjacent to an activating group) is 1. The van der Waals surface area contributed by atoms with E-state index in [0.29, 0.717) is 51.4 Å². The van der Waals surface area contributed by atoms with E-state index in [2.05, 4.69) is 42.5 Å². The van der Waals surface area contributed by atoms with Crippen LogP contribution in [0.5, 0.6) is 0 Å². The molecule has 26 heavy (non-hydrogen) atoms. The Morgan fingerprint density at radius 1 is 1.42 bits per heavy atom. The molecular weight excluding hydrogens is 488 g/mol. The normalized spacial score (nSPS) is 18.9. The van der Waals surface area contributed by atoms with Gasteiger partial charge in [-0.15, -0.1) is 6.42 Å². The van der Waals surface area contributed by atoms with Gasteiger partial charge >= 0.3 is 0 Å². The molecule has 0 aliphatic carbocycles. The summed E-state index contributed by atoms with van der Waals surface area (Å²) in [4.78, 5) is 15.7. The van der Waals surface area contributed by atoms with Gasteiger partial charge in [0.05, 0.1) is 36.1 Å². The molecular formula is C16H20Br2N4O3S. The van der Waals surface area contributed by atoms with Crippen molar-refractivity contribution in [2.45, 2.75) is 4.90 Å². The molecule has 0 saturated heterocycles. The predicted octanol–water partition coefficient (Wildman–Crippen LogP) is 2.03. The van der Waals surface area contributed by atoms with Gasteiger partial charge in [-0.3, -0.25) is 10.1 Å². The predicted molar refractivity (Wildman–Crippen MR) is 114 cm³/mol. The zero-order valence-electron chi connectivity index (χ0n) is 14.5. The van der Waals surface area contributed by atoms with Gasteiger partial charge in [0.1, 0.15) is 4.99 Å². The molecule has 0 bridgehead atoms. The lowest BCUT2D eigenvalue weighted by molar-refractivity contribution is -0.385. The molecule has 0 radical (unpaired) electrons. The second-order valence-electron chi connectivity index (χ2n) is 5.86. The van der Waals surface area contributed by atoms with E-state index >= 15 is 0 Å². The molecule has 1 unspecified atom stereocenters. The molecule has 142 valence electrons. The van der Waals surface area contributed by atoms with Gasteiger partial charge in [0, 0.05) is 37.1 Å². The number of non-ortho nitro benzene ring substituents is 1. The van der Waals surface area contributed by atoms with Crippen LogP contribution in [0.1, 0.15) is 5.56 Å². The number of hydrogen-bond donors (Lipinski definition) is 1. The number of nitro benzene ring substituents is 1. The van der Waals surface area contributed by atoms with Crippen LogP contribution in [0.2, 0.25) is 0 Å². The van der Waals surface area contributed by atoms with Crippen LogP contribution in [0.3, 0.4) is 0 Å². The quantitative estimate of drug-likeness (QED) is 0.191. The first kappa shape index (κ1) is 21.2. The number of fused-ring (bicyclic) bond motifs is 1. The smallest absolute Gasteiger partial charge is 0.272 e. The number of rotatable bonds is 8. The van der Waals surface area contributed by atoms with E-state index in [1.807, 2.05) is 23.9 Å². The zero-order valence-corrected chi connectivity index (χ0v) is 18.5. The number of halogens is 2. The molecule has 10 heteroatoms. The van der Waals surface area contributed by atoms with Crippen LogP contribution in [0.25, 0.3) is 0 Å². The first-order valence-corrected chi connectivity index (χ1v) is 11.6. The number of terminal acetylenes is 1. The molecule has 1 aromatic rings. The SMILES string of the molecule is C#Cc1cc([N+](=O)[O-])cc2c1N(CCBr)C(CBr)=S2(=O)NCCN(C)C. The van der Waals surface area contributed by atoms with Crippen LogP contribution in [0.4, 0.5) is 11.4 Å². The number of nitro groups is 1. The van der Waals surface area contributed by atoms with Gasteiger partial charge in [-0.05, 0) is 14.1 Å². The lowest BCUT2D eigenvalue weighted by Crippen LogP contribution is -2.39. The van der Waals surface area contributed by atoms with Crippen LogP contribution in [0.15, 0.2) is 17.0 Å². The maximum Gasteiger partial charge on any atom is 0.272 e. The lowest BCUT2D eigenvalue weighted by Gasteiger charge is -2.22. The van der Waals surface area contributed by atoms with Gasteiger partial charge in [-0.25, -0.2) is 8.93 Å². The Balaban J connectivity index is 2.71. The average molecular weight is 508 g/mol. The summed E-state index contributed by atoms with van der Waals surface area (Å²) >= 11 is 6.84. The third kappa shape index (κ3) is 3.92. The Kier molecular flexibility index (Phi) is 7.10. The standard InChI is InChI=1S/C16H20Br2N4O3S/c1-4-12-9-13(22(23)24)10-14-16(12)21(7-5-17)15(11-18)26(14,25)19-6-8-20(2)3/h1,9-10H,5-8,11H2,2-3H3,(H,19,25). The maximum atomic E-state index is 13.9. The fourth-order valence-electron chi connectivity index (χ4n) is 2.76. The van der Waals surface area contributed by atoms with Crippen molar-refractivity contribution < 1.29 is 9.13 Å². The number of alkyl halides is 2. The van der Waals surface area contributed by atoms with Crippen LogP contribution in [-0.2, 0) is 9.71 Å². The molecule has 0 fully saturated rings. The van der Waals surface area contributed by atoms with Gasteiger partial charge in [0.2, 0.25) is 0 Å². The molecule has 1 atom stereocenters. The summed E-state index contributed by atoms with van der Waals surface area (Å²) in [6.07, 6.45) is 5.61. The second-order valence-corrected chi connectivity index (χ2v) is 9.53. The van der Waals surface area contributed by atoms with E-state index in [0.717, 1.165) is 0 Å². The largest absolute Gasteiger partial charge is 0.333 e. The Hall–Kier alpha value is -1.12. The van der Waals surface area contributed by atoms with Crippen molar-refractivity contribution in [1.82, 2.24) is 9.62 Å². The van der Waals surface area contributed by atoms with E-state index in [1.54, 1.807) is 0 Å². The monoisotopic (exact) mass is 506 g/mol. The van der Waals surface area contributed by atoms with Crippen LogP contribution in [0, 0.1) is 22.5 Å². The second kappa shape index (κ2) is 8.71. The Morgan fingerprint density at radius 2 is 2.12 bits per heavy atom. The highest BCUT2D eigenvalue weighted by molar-refractivity contribution is 9.09. The molecule has 7 nitrogen and oxygen atoms in total. The van der Waals surface area contributed by atoms with Gasteiger partial charge in [0.15, 0.2) is 0 Å². The Labute approximate surface area is 170 Å². The first-order valence-electron chi connectivity index (χ1n) is 7.78. The van der Waals surface area contributed by atoms with Crippen LogP contribution in [-0.4, -0.2) is 63.4 Å². The number of nitrogens with zero attached hydrogens (tertiary/aromatic N) is 3. The maximum absolute atomic E-state index is 13.9. The molecule has 0 spiro atoms. The van der Waals surface area contributed by atoms with E-state index in [9.17, 15) is 14.3 Å². The van der Waals surface area contributed by atoms with Crippen molar-refractivity contribution in [2.24, 2.45) is 0 Å². The molecule has 1 aliphatic rings. The van der Waals surface area contributed by atoms with E-state index in [-0.39, 0.29) is 5.69 Å². The van der Waals surface area contributed by atoms with Gasteiger partial charge in [0.25, 0.3) is 5.69 Å². The number of benzene rings is 1. The molecule has 0 aromatic heterocycles. The molecule has 0 amide bonds. The van der Waals surface area contributed by atoms with Crippen molar-refractivity contribution in [1.29, 1.82) is 0 Å². The Morgan fingerprint density at radius 3 is 2.62 bits per heavy atom. The molecule has 0 saturated carbocycles. The minimum absolute atomic E-state index is 0.159. The fraction of sp³-hybridized carbons (Fsp3) is 0.438. The summed E-state index contributed by atoms with van der Waals surface area (Å²) in [6.45, 7) is 1.70. The summed E-state index contributed by atoms with van der Waals surface area (Å²) in [7, 11) is 0.981. The third-order valence-electron chi connectivity index (χ3n) is 3.93. The fourth-order valence-corrected chi connectivity index (χ4v) is 6.76. The van der Waals surface area contributed by atoms with Crippen LogP contribution >= 0.6 is 31.9 Å². The van der Waals surface area contributed by atoms with Gasteiger partial charge in [-0.1, -0.05) is 37.8 Å². The number of anilines is 1. The summed E-state index contributed by atoms with van der Waals surface area (Å²) in [5.41, 5.74) is 0.816. The highest BCUT2D eigenvalue weighted by Gasteiger charge is 2.37. The topological polar surface area (TPSA) is 78.7 Å². The van der Waals surface area contributed by atoms with Crippen molar-refractivity contribution in [2.75, 3.05) is 49.3 Å². The third-order valence-corrected chi connectivity index (χ3v) is 7.75. The van der Waals surface area contributed by atoms with Crippen LogP contribution < -0.4 is 9.62 Å². The number of hydrogen-bond acceptors (Lipinski definition) is 5. The molecule has 1 heterocycles. The van der Waals surface area contributed by atoms with Crippen molar-refractivity contribution >= 4 is 57.9 Å². The van der Waals surface area contributed by atoms with E-state index in [1.165, 1.54) is 12.1 Å². The van der Waals surface area contributed by atoms with E-state index < -0.39 is 14.6 Å². The Bertz CT molecular complexity index is 873. The van der Waals surface area contributed by atoms with Crippen molar-refractivity contribution in [3.63, 3.8) is 0 Å². The lowest BCUT2D eigenvalue weighted by atomic mass is 10.1. The molecule has 1 aliphatic heterocycles. The highest BCUT2D eigenvalue weighted by atomic mass is 79.9.